The van der Waals surface area contributed by atoms with Crippen LogP contribution in [0.25, 0.3) is 11.1 Å². The summed E-state index contributed by atoms with van der Waals surface area (Å²) in [6.07, 6.45) is 3.48. The number of fused-ring (bicyclic) bond motifs is 1. The second kappa shape index (κ2) is 5.69. The van der Waals surface area contributed by atoms with E-state index >= 15 is 0 Å². The van der Waals surface area contributed by atoms with Crippen LogP contribution < -0.4 is 0 Å². The van der Waals surface area contributed by atoms with E-state index in [-0.39, 0.29) is 5.54 Å². The highest BCUT2D eigenvalue weighted by Gasteiger charge is 2.35. The molecule has 1 aromatic carbocycles. The van der Waals surface area contributed by atoms with Crippen molar-refractivity contribution in [1.82, 2.24) is 9.88 Å². The largest absolute Gasteiger partial charge is 0.440 e. The molecule has 3 nitrogen and oxygen atoms in total. The lowest BCUT2D eigenvalue weighted by atomic mass is 9.86. The zero-order valence-electron chi connectivity index (χ0n) is 14.5. The fraction of sp³-hybridized carbons (Fsp3) is 0.632. The minimum absolute atomic E-state index is 0.240. The summed E-state index contributed by atoms with van der Waals surface area (Å²) in [7, 11) is 0. The first-order valence-corrected chi connectivity index (χ1v) is 8.52. The van der Waals surface area contributed by atoms with Crippen LogP contribution in [0.4, 0.5) is 0 Å². The van der Waals surface area contributed by atoms with E-state index in [2.05, 4.69) is 51.7 Å². The van der Waals surface area contributed by atoms with Gasteiger partial charge >= 0.3 is 0 Å². The molecule has 0 bridgehead atoms. The summed E-state index contributed by atoms with van der Waals surface area (Å²) >= 11 is 0. The number of hydrogen-bond acceptors (Lipinski definition) is 3. The first-order valence-electron chi connectivity index (χ1n) is 8.52. The van der Waals surface area contributed by atoms with Crippen LogP contribution in [0.5, 0.6) is 0 Å². The van der Waals surface area contributed by atoms with E-state index in [1.165, 1.54) is 12.0 Å². The lowest BCUT2D eigenvalue weighted by Gasteiger charge is -2.46. The smallest absolute Gasteiger partial charge is 0.198 e. The molecule has 1 saturated heterocycles. The standard InChI is InChI=1S/C19H28N2O/c1-6-15-12-14(9-10-21(15)19(3,4)5)18-20-16-11-13(2)7-8-17(16)22-18/h7-8,11,14-15H,6,9-10,12H2,1-5H3/t14-,15-/m0/s1. The van der Waals surface area contributed by atoms with Crippen molar-refractivity contribution in [2.75, 3.05) is 6.54 Å². The number of likely N-dealkylation sites (tertiary alicyclic amines) is 1. The molecule has 1 aliphatic heterocycles. The van der Waals surface area contributed by atoms with Gasteiger partial charge in [0, 0.05) is 17.5 Å². The van der Waals surface area contributed by atoms with Gasteiger partial charge in [0.1, 0.15) is 5.52 Å². The number of oxazole rings is 1. The maximum absolute atomic E-state index is 6.05. The highest BCUT2D eigenvalue weighted by Crippen LogP contribution is 2.36. The predicted molar refractivity (Wildman–Crippen MR) is 91.3 cm³/mol. The molecule has 3 heteroatoms. The van der Waals surface area contributed by atoms with Crippen molar-refractivity contribution in [2.24, 2.45) is 0 Å². The average molecular weight is 300 g/mol. The number of rotatable bonds is 2. The SMILES string of the molecule is CC[C@H]1C[C@@H](c2nc3cc(C)ccc3o2)CCN1C(C)(C)C. The minimum Gasteiger partial charge on any atom is -0.440 e. The van der Waals surface area contributed by atoms with E-state index in [0.717, 1.165) is 36.4 Å². The van der Waals surface area contributed by atoms with E-state index in [9.17, 15) is 0 Å². The Kier molecular flexibility index (Phi) is 4.02. The number of aromatic nitrogens is 1. The number of nitrogens with zero attached hydrogens (tertiary/aromatic N) is 2. The Balaban J connectivity index is 1.83. The van der Waals surface area contributed by atoms with E-state index < -0.39 is 0 Å². The van der Waals surface area contributed by atoms with Gasteiger partial charge in [0.25, 0.3) is 0 Å². The molecular weight excluding hydrogens is 272 g/mol. The normalized spacial score (nSPS) is 24.0. The minimum atomic E-state index is 0.240. The molecule has 0 saturated carbocycles. The highest BCUT2D eigenvalue weighted by atomic mass is 16.3. The molecule has 1 fully saturated rings. The van der Waals surface area contributed by atoms with Crippen molar-refractivity contribution in [3.05, 3.63) is 29.7 Å². The summed E-state index contributed by atoms with van der Waals surface area (Å²) in [6, 6.07) is 6.87. The monoisotopic (exact) mass is 300 g/mol. The van der Waals surface area contributed by atoms with Crippen LogP contribution in [0.15, 0.2) is 22.6 Å². The molecule has 0 spiro atoms. The van der Waals surface area contributed by atoms with Crippen LogP contribution in [0.2, 0.25) is 0 Å². The average Bonchev–Trinajstić information content (AvgIpc) is 2.88. The van der Waals surface area contributed by atoms with Gasteiger partial charge in [-0.2, -0.15) is 0 Å². The second-order valence-corrected chi connectivity index (χ2v) is 7.67. The molecule has 0 amide bonds. The van der Waals surface area contributed by atoms with E-state index in [1.54, 1.807) is 0 Å². The Labute approximate surface area is 133 Å². The first kappa shape index (κ1) is 15.5. The molecule has 3 rings (SSSR count). The van der Waals surface area contributed by atoms with Gasteiger partial charge in [-0.25, -0.2) is 4.98 Å². The van der Waals surface area contributed by atoms with Crippen LogP contribution in [0, 0.1) is 6.92 Å². The molecule has 2 atom stereocenters. The first-order chi connectivity index (χ1) is 10.4. The van der Waals surface area contributed by atoms with E-state index in [1.807, 2.05) is 6.07 Å². The quantitative estimate of drug-likeness (QED) is 0.790. The summed E-state index contributed by atoms with van der Waals surface area (Å²) < 4.78 is 6.05. The van der Waals surface area contributed by atoms with Crippen LogP contribution in [-0.2, 0) is 0 Å². The molecule has 0 radical (unpaired) electrons. The second-order valence-electron chi connectivity index (χ2n) is 7.67. The molecule has 0 aliphatic carbocycles. The Morgan fingerprint density at radius 2 is 2.09 bits per heavy atom. The van der Waals surface area contributed by atoms with Crippen LogP contribution in [0.3, 0.4) is 0 Å². The van der Waals surface area contributed by atoms with E-state index in [4.69, 9.17) is 9.40 Å². The molecule has 0 N–H and O–H groups in total. The maximum Gasteiger partial charge on any atom is 0.198 e. The summed E-state index contributed by atoms with van der Waals surface area (Å²) in [4.78, 5) is 7.42. The van der Waals surface area contributed by atoms with Crippen molar-refractivity contribution >= 4 is 11.1 Å². The molecule has 0 unspecified atom stereocenters. The fourth-order valence-corrected chi connectivity index (χ4v) is 3.78. The van der Waals surface area contributed by atoms with Crippen LogP contribution >= 0.6 is 0 Å². The number of benzene rings is 1. The van der Waals surface area contributed by atoms with Crippen molar-refractivity contribution in [1.29, 1.82) is 0 Å². The number of piperidine rings is 1. The molecule has 1 aliphatic rings. The zero-order valence-corrected chi connectivity index (χ0v) is 14.5. The van der Waals surface area contributed by atoms with Gasteiger partial charge in [-0.15, -0.1) is 0 Å². The third-order valence-corrected chi connectivity index (χ3v) is 4.96. The van der Waals surface area contributed by atoms with Crippen molar-refractivity contribution < 1.29 is 4.42 Å². The zero-order chi connectivity index (χ0) is 15.9. The maximum atomic E-state index is 6.05. The van der Waals surface area contributed by atoms with Crippen LogP contribution in [0.1, 0.15) is 64.3 Å². The summed E-state index contributed by atoms with van der Waals surface area (Å²) in [5.41, 5.74) is 3.40. The van der Waals surface area contributed by atoms with Crippen LogP contribution in [-0.4, -0.2) is 28.0 Å². The third-order valence-electron chi connectivity index (χ3n) is 4.96. The van der Waals surface area contributed by atoms with Gasteiger partial charge in [0.2, 0.25) is 0 Å². The topological polar surface area (TPSA) is 29.3 Å². The molecular formula is C19H28N2O. The Hall–Kier alpha value is -1.35. The molecule has 2 aromatic rings. The fourth-order valence-electron chi connectivity index (χ4n) is 3.78. The van der Waals surface area contributed by atoms with Crippen molar-refractivity contribution in [2.45, 2.75) is 71.4 Å². The molecule has 2 heterocycles. The van der Waals surface area contributed by atoms with Gasteiger partial charge in [-0.05, 0) is 71.2 Å². The van der Waals surface area contributed by atoms with Gasteiger partial charge in [-0.1, -0.05) is 13.0 Å². The molecule has 1 aromatic heterocycles. The Bertz CT molecular complexity index is 653. The molecule has 120 valence electrons. The van der Waals surface area contributed by atoms with Crippen molar-refractivity contribution in [3.63, 3.8) is 0 Å². The van der Waals surface area contributed by atoms with Gasteiger partial charge in [-0.3, -0.25) is 4.90 Å². The summed E-state index contributed by atoms with van der Waals surface area (Å²) in [5, 5.41) is 0. The summed E-state index contributed by atoms with van der Waals surface area (Å²) in [6.45, 7) is 12.5. The molecule has 22 heavy (non-hydrogen) atoms. The van der Waals surface area contributed by atoms with Gasteiger partial charge in [0.05, 0.1) is 0 Å². The lowest BCUT2D eigenvalue weighted by Crippen LogP contribution is -2.51. The lowest BCUT2D eigenvalue weighted by molar-refractivity contribution is 0.0381. The Morgan fingerprint density at radius 1 is 1.32 bits per heavy atom. The van der Waals surface area contributed by atoms with E-state index in [0.29, 0.717) is 12.0 Å². The number of aryl methyl sites for hydroxylation is 1. The third kappa shape index (κ3) is 2.91. The Morgan fingerprint density at radius 3 is 2.77 bits per heavy atom. The van der Waals surface area contributed by atoms with Gasteiger partial charge < -0.3 is 4.42 Å². The van der Waals surface area contributed by atoms with Gasteiger partial charge in [0.15, 0.2) is 11.5 Å². The van der Waals surface area contributed by atoms with Crippen molar-refractivity contribution in [3.8, 4) is 0 Å². The highest BCUT2D eigenvalue weighted by molar-refractivity contribution is 5.73. The predicted octanol–water partition coefficient (Wildman–Crippen LogP) is 4.89. The number of hydrogen-bond donors (Lipinski definition) is 0. The summed E-state index contributed by atoms with van der Waals surface area (Å²) in [5.74, 6) is 1.39.